The van der Waals surface area contributed by atoms with Gasteiger partial charge in [0.05, 0.1) is 0 Å². The fraction of sp³-hybridized carbons (Fsp3) is 0.0417. The molecule has 3 aromatic carbocycles. The number of ether oxygens (including phenoxy) is 1. The first kappa shape index (κ1) is 18.2. The zero-order valence-corrected chi connectivity index (χ0v) is 14.8. The fourth-order valence-electron chi connectivity index (χ4n) is 2.67. The van der Waals surface area contributed by atoms with Gasteiger partial charge >= 0.3 is 5.97 Å². The summed E-state index contributed by atoms with van der Waals surface area (Å²) in [6.45, 7) is 0. The van der Waals surface area contributed by atoms with E-state index in [1.54, 1.807) is 6.08 Å². The SMILES string of the molecule is O=C(O)/C=C/c1ccccc1C/C=C/c1cccc(Oc2ccccc2)c1. The van der Waals surface area contributed by atoms with Crippen molar-refractivity contribution in [2.75, 3.05) is 0 Å². The molecule has 3 aromatic rings. The minimum Gasteiger partial charge on any atom is -0.478 e. The molecule has 3 nitrogen and oxygen atoms in total. The Balaban J connectivity index is 1.69. The van der Waals surface area contributed by atoms with Crippen LogP contribution in [0.2, 0.25) is 0 Å². The van der Waals surface area contributed by atoms with E-state index in [4.69, 9.17) is 9.84 Å². The van der Waals surface area contributed by atoms with Crippen LogP contribution >= 0.6 is 0 Å². The molecule has 0 amide bonds. The molecule has 0 aliphatic rings. The van der Waals surface area contributed by atoms with Crippen molar-refractivity contribution in [1.82, 2.24) is 0 Å². The molecule has 0 spiro atoms. The molecular weight excluding hydrogens is 336 g/mol. The molecule has 27 heavy (non-hydrogen) atoms. The minimum absolute atomic E-state index is 0.712. The summed E-state index contributed by atoms with van der Waals surface area (Å²) in [5.41, 5.74) is 3.02. The minimum atomic E-state index is -0.949. The summed E-state index contributed by atoms with van der Waals surface area (Å²) in [5, 5.41) is 8.81. The second-order valence-corrected chi connectivity index (χ2v) is 5.96. The molecule has 0 aromatic heterocycles. The van der Waals surface area contributed by atoms with Crippen molar-refractivity contribution in [2.24, 2.45) is 0 Å². The lowest BCUT2D eigenvalue weighted by Crippen LogP contribution is -1.89. The van der Waals surface area contributed by atoms with Crippen LogP contribution in [0.3, 0.4) is 0 Å². The van der Waals surface area contributed by atoms with Crippen LogP contribution in [0.25, 0.3) is 12.2 Å². The van der Waals surface area contributed by atoms with Crippen LogP contribution in [0, 0.1) is 0 Å². The van der Waals surface area contributed by atoms with E-state index < -0.39 is 5.97 Å². The predicted molar refractivity (Wildman–Crippen MR) is 109 cm³/mol. The molecule has 0 unspecified atom stereocenters. The van der Waals surface area contributed by atoms with Gasteiger partial charge in [0, 0.05) is 6.08 Å². The molecule has 0 fully saturated rings. The van der Waals surface area contributed by atoms with Gasteiger partial charge in [0.1, 0.15) is 11.5 Å². The van der Waals surface area contributed by atoms with Crippen molar-refractivity contribution >= 4 is 18.1 Å². The van der Waals surface area contributed by atoms with Gasteiger partial charge in [0.2, 0.25) is 0 Å². The summed E-state index contributed by atoms with van der Waals surface area (Å²) >= 11 is 0. The van der Waals surface area contributed by atoms with E-state index in [0.717, 1.165) is 34.3 Å². The average Bonchev–Trinajstić information content (AvgIpc) is 2.68. The molecule has 0 saturated heterocycles. The maximum Gasteiger partial charge on any atom is 0.328 e. The number of benzene rings is 3. The van der Waals surface area contributed by atoms with E-state index >= 15 is 0 Å². The van der Waals surface area contributed by atoms with Crippen LogP contribution in [0.4, 0.5) is 0 Å². The highest BCUT2D eigenvalue weighted by Crippen LogP contribution is 2.22. The largest absolute Gasteiger partial charge is 0.478 e. The van der Waals surface area contributed by atoms with E-state index in [1.807, 2.05) is 84.9 Å². The maximum atomic E-state index is 10.7. The highest BCUT2D eigenvalue weighted by atomic mass is 16.5. The molecule has 0 saturated carbocycles. The van der Waals surface area contributed by atoms with Crippen molar-refractivity contribution in [1.29, 1.82) is 0 Å². The van der Waals surface area contributed by atoms with Crippen LogP contribution in [0.1, 0.15) is 16.7 Å². The molecular formula is C24H20O3. The smallest absolute Gasteiger partial charge is 0.328 e. The summed E-state index contributed by atoms with van der Waals surface area (Å²) < 4.78 is 5.86. The van der Waals surface area contributed by atoms with Crippen LogP contribution in [0.5, 0.6) is 11.5 Å². The van der Waals surface area contributed by atoms with Gasteiger partial charge in [-0.25, -0.2) is 4.79 Å². The number of carbonyl (C=O) groups is 1. The molecule has 0 bridgehead atoms. The first-order chi connectivity index (χ1) is 13.2. The van der Waals surface area contributed by atoms with Crippen molar-refractivity contribution < 1.29 is 14.6 Å². The Kier molecular flexibility index (Phi) is 6.21. The first-order valence-corrected chi connectivity index (χ1v) is 8.69. The van der Waals surface area contributed by atoms with Crippen molar-refractivity contribution in [3.8, 4) is 11.5 Å². The number of hydrogen-bond donors (Lipinski definition) is 1. The van der Waals surface area contributed by atoms with Crippen LogP contribution in [-0.4, -0.2) is 11.1 Å². The molecule has 0 heterocycles. The number of allylic oxidation sites excluding steroid dienone is 1. The third kappa shape index (κ3) is 5.72. The van der Waals surface area contributed by atoms with E-state index in [9.17, 15) is 4.79 Å². The Morgan fingerprint density at radius 1 is 0.852 bits per heavy atom. The lowest BCUT2D eigenvalue weighted by molar-refractivity contribution is -0.131. The number of rotatable bonds is 7. The van der Waals surface area contributed by atoms with Gasteiger partial charge in [-0.1, -0.05) is 66.7 Å². The quantitative estimate of drug-likeness (QED) is 0.542. The fourth-order valence-corrected chi connectivity index (χ4v) is 2.67. The highest BCUT2D eigenvalue weighted by molar-refractivity contribution is 5.85. The van der Waals surface area contributed by atoms with Gasteiger partial charge < -0.3 is 9.84 Å². The summed E-state index contributed by atoms with van der Waals surface area (Å²) in [4.78, 5) is 10.7. The monoisotopic (exact) mass is 356 g/mol. The molecule has 0 aliphatic carbocycles. The third-order valence-corrected chi connectivity index (χ3v) is 3.95. The zero-order chi connectivity index (χ0) is 18.9. The third-order valence-electron chi connectivity index (χ3n) is 3.95. The number of carboxylic acids is 1. The lowest BCUT2D eigenvalue weighted by Gasteiger charge is -2.06. The van der Waals surface area contributed by atoms with E-state index in [2.05, 4.69) is 6.08 Å². The summed E-state index contributed by atoms with van der Waals surface area (Å²) in [5.74, 6) is 0.640. The van der Waals surface area contributed by atoms with Crippen molar-refractivity contribution in [2.45, 2.75) is 6.42 Å². The Morgan fingerprint density at radius 3 is 2.41 bits per heavy atom. The number of hydrogen-bond acceptors (Lipinski definition) is 2. The molecule has 0 radical (unpaired) electrons. The molecule has 3 heteroatoms. The van der Waals surface area contributed by atoms with Gasteiger partial charge in [0.15, 0.2) is 0 Å². The average molecular weight is 356 g/mol. The van der Waals surface area contributed by atoms with E-state index in [-0.39, 0.29) is 0 Å². The Bertz CT molecular complexity index is 956. The van der Waals surface area contributed by atoms with Crippen molar-refractivity contribution in [3.05, 3.63) is 108 Å². The van der Waals surface area contributed by atoms with E-state index in [0.29, 0.717) is 6.42 Å². The topological polar surface area (TPSA) is 46.5 Å². The summed E-state index contributed by atoms with van der Waals surface area (Å²) in [6.07, 6.45) is 7.60. The van der Waals surface area contributed by atoms with Gasteiger partial charge in [0.25, 0.3) is 0 Å². The van der Waals surface area contributed by atoms with Crippen LogP contribution in [0.15, 0.2) is 91.0 Å². The zero-order valence-electron chi connectivity index (χ0n) is 14.8. The first-order valence-electron chi connectivity index (χ1n) is 8.69. The maximum absolute atomic E-state index is 10.7. The predicted octanol–water partition coefficient (Wildman–Crippen LogP) is 5.83. The molecule has 0 atom stereocenters. The molecule has 1 N–H and O–H groups in total. The lowest BCUT2D eigenvalue weighted by atomic mass is 10.0. The van der Waals surface area contributed by atoms with Crippen LogP contribution < -0.4 is 4.74 Å². The summed E-state index contributed by atoms with van der Waals surface area (Å²) in [7, 11) is 0. The standard InChI is InChI=1S/C24H20O3/c25-24(26)17-16-21-11-5-4-10-20(21)12-6-8-19-9-7-15-23(18-19)27-22-13-2-1-3-14-22/h1-11,13-18H,12H2,(H,25,26)/b8-6+,17-16+. The van der Waals surface area contributed by atoms with Gasteiger partial charge in [-0.3, -0.25) is 0 Å². The molecule has 134 valence electrons. The van der Waals surface area contributed by atoms with Crippen LogP contribution in [-0.2, 0) is 11.2 Å². The van der Waals surface area contributed by atoms with Gasteiger partial charge in [-0.2, -0.15) is 0 Å². The Labute approximate surface area is 158 Å². The van der Waals surface area contributed by atoms with Gasteiger partial charge in [-0.15, -0.1) is 0 Å². The second-order valence-electron chi connectivity index (χ2n) is 5.96. The number of carboxylic acid groups (broad SMARTS) is 1. The van der Waals surface area contributed by atoms with E-state index in [1.165, 1.54) is 0 Å². The highest BCUT2D eigenvalue weighted by Gasteiger charge is 1.99. The second kappa shape index (κ2) is 9.20. The Hall–Kier alpha value is -3.59. The number of aliphatic carboxylic acids is 1. The molecule has 3 rings (SSSR count). The number of para-hydroxylation sites is 1. The van der Waals surface area contributed by atoms with Crippen molar-refractivity contribution in [3.63, 3.8) is 0 Å². The van der Waals surface area contributed by atoms with Gasteiger partial charge in [-0.05, 0) is 53.5 Å². The Morgan fingerprint density at radius 2 is 1.59 bits per heavy atom. The molecule has 0 aliphatic heterocycles. The summed E-state index contributed by atoms with van der Waals surface area (Å²) in [6, 6.07) is 25.3. The normalized spacial score (nSPS) is 11.1.